The predicted octanol–water partition coefficient (Wildman–Crippen LogP) is 3.62. The van der Waals surface area contributed by atoms with Crippen LogP contribution >= 0.6 is 24.8 Å². The van der Waals surface area contributed by atoms with E-state index in [0.29, 0.717) is 0 Å². The smallest absolute Gasteiger partial charge is 0.255 e. The van der Waals surface area contributed by atoms with Crippen LogP contribution in [0.4, 0.5) is 5.82 Å². The number of hydrogen-bond donors (Lipinski definition) is 1. The summed E-state index contributed by atoms with van der Waals surface area (Å²) in [7, 11) is 2.00. The van der Waals surface area contributed by atoms with Crippen molar-refractivity contribution in [3.8, 4) is 0 Å². The normalized spacial score (nSPS) is 18.6. The van der Waals surface area contributed by atoms with Crippen molar-refractivity contribution in [2.45, 2.75) is 39.0 Å². The molecule has 1 aromatic rings. The Morgan fingerprint density at radius 2 is 1.78 bits per heavy atom. The van der Waals surface area contributed by atoms with Crippen molar-refractivity contribution in [2.75, 3.05) is 44.7 Å². The van der Waals surface area contributed by atoms with Crippen molar-refractivity contribution in [1.29, 1.82) is 0 Å². The first-order valence-corrected chi connectivity index (χ1v) is 9.82. The molecule has 2 fully saturated rings. The molecule has 7 heteroatoms. The quantitative estimate of drug-likeness (QED) is 0.795. The molecule has 3 heterocycles. The zero-order valence-electron chi connectivity index (χ0n) is 16.5. The molecule has 1 amide bonds. The Labute approximate surface area is 176 Å². The minimum absolute atomic E-state index is 0. The molecule has 2 aliphatic heterocycles. The number of likely N-dealkylation sites (tertiary alicyclic amines) is 1. The van der Waals surface area contributed by atoms with Gasteiger partial charge in [-0.2, -0.15) is 0 Å². The lowest BCUT2D eigenvalue weighted by Crippen LogP contribution is -2.39. The fourth-order valence-electron chi connectivity index (χ4n) is 3.89. The standard InChI is InChI=1S/C20H32N4O.2ClH/c1-16-6-11-23(12-7-16)19-4-3-18(15-22-19)20(25)24-13-8-17(9-14-24)5-10-21-2;;/h3-4,15-17,21H,5-14H2,1-2H3;2*1H. The van der Waals surface area contributed by atoms with Gasteiger partial charge in [-0.1, -0.05) is 6.92 Å². The number of carbonyl (C=O) groups excluding carboxylic acids is 1. The summed E-state index contributed by atoms with van der Waals surface area (Å²) >= 11 is 0. The molecule has 0 bridgehead atoms. The Hall–Kier alpha value is -1.04. The van der Waals surface area contributed by atoms with Crippen LogP contribution in [0, 0.1) is 11.8 Å². The van der Waals surface area contributed by atoms with E-state index in [1.165, 1.54) is 19.3 Å². The molecule has 3 rings (SSSR count). The number of carbonyl (C=O) groups is 1. The minimum Gasteiger partial charge on any atom is -0.357 e. The lowest BCUT2D eigenvalue weighted by Gasteiger charge is -2.32. The van der Waals surface area contributed by atoms with E-state index in [-0.39, 0.29) is 30.7 Å². The van der Waals surface area contributed by atoms with Crippen molar-refractivity contribution < 1.29 is 4.79 Å². The van der Waals surface area contributed by atoms with Crippen LogP contribution in [0.15, 0.2) is 18.3 Å². The van der Waals surface area contributed by atoms with Crippen molar-refractivity contribution >= 4 is 36.5 Å². The van der Waals surface area contributed by atoms with Gasteiger partial charge in [-0.15, -0.1) is 24.8 Å². The second kappa shape index (κ2) is 11.7. The Morgan fingerprint density at radius 1 is 1.11 bits per heavy atom. The molecule has 0 aromatic carbocycles. The van der Waals surface area contributed by atoms with Crippen LogP contribution in [-0.2, 0) is 0 Å². The van der Waals surface area contributed by atoms with Gasteiger partial charge in [0, 0.05) is 32.4 Å². The summed E-state index contributed by atoms with van der Waals surface area (Å²) in [4.78, 5) is 21.6. The number of anilines is 1. The van der Waals surface area contributed by atoms with Crippen LogP contribution in [0.1, 0.15) is 49.4 Å². The van der Waals surface area contributed by atoms with Crippen LogP contribution < -0.4 is 10.2 Å². The van der Waals surface area contributed by atoms with Crippen molar-refractivity contribution in [3.05, 3.63) is 23.9 Å². The molecule has 0 spiro atoms. The van der Waals surface area contributed by atoms with Gasteiger partial charge in [-0.25, -0.2) is 4.98 Å². The van der Waals surface area contributed by atoms with Gasteiger partial charge in [-0.3, -0.25) is 4.79 Å². The summed E-state index contributed by atoms with van der Waals surface area (Å²) in [6.45, 7) is 7.27. The van der Waals surface area contributed by atoms with Gasteiger partial charge in [0.25, 0.3) is 5.91 Å². The maximum Gasteiger partial charge on any atom is 0.255 e. The molecule has 27 heavy (non-hydrogen) atoms. The number of nitrogens with zero attached hydrogens (tertiary/aromatic N) is 3. The van der Waals surface area contributed by atoms with E-state index in [1.54, 1.807) is 6.20 Å². The highest BCUT2D eigenvalue weighted by atomic mass is 35.5. The maximum atomic E-state index is 12.7. The number of piperidine rings is 2. The third kappa shape index (κ3) is 6.51. The Kier molecular flexibility index (Phi) is 10.4. The summed E-state index contributed by atoms with van der Waals surface area (Å²) in [6, 6.07) is 3.97. The lowest BCUT2D eigenvalue weighted by atomic mass is 9.93. The summed E-state index contributed by atoms with van der Waals surface area (Å²) < 4.78 is 0. The van der Waals surface area contributed by atoms with Crippen molar-refractivity contribution in [1.82, 2.24) is 15.2 Å². The number of amides is 1. The Morgan fingerprint density at radius 3 is 2.33 bits per heavy atom. The van der Waals surface area contributed by atoms with E-state index in [4.69, 9.17) is 0 Å². The third-order valence-corrected chi connectivity index (χ3v) is 5.81. The second-order valence-corrected chi connectivity index (χ2v) is 7.70. The predicted molar refractivity (Wildman–Crippen MR) is 117 cm³/mol. The fraction of sp³-hybridized carbons (Fsp3) is 0.700. The van der Waals surface area contributed by atoms with Gasteiger partial charge in [0.1, 0.15) is 5.82 Å². The fourth-order valence-corrected chi connectivity index (χ4v) is 3.89. The number of aromatic nitrogens is 1. The molecular weight excluding hydrogens is 383 g/mol. The first-order chi connectivity index (χ1) is 12.2. The first-order valence-electron chi connectivity index (χ1n) is 9.82. The average molecular weight is 417 g/mol. The molecule has 0 unspecified atom stereocenters. The highest BCUT2D eigenvalue weighted by Crippen LogP contribution is 2.23. The number of nitrogens with one attached hydrogen (secondary N) is 1. The number of hydrogen-bond acceptors (Lipinski definition) is 4. The topological polar surface area (TPSA) is 48.5 Å². The monoisotopic (exact) mass is 416 g/mol. The van der Waals surface area contributed by atoms with E-state index in [0.717, 1.165) is 68.8 Å². The van der Waals surface area contributed by atoms with Gasteiger partial charge in [-0.05, 0) is 69.7 Å². The largest absolute Gasteiger partial charge is 0.357 e. The van der Waals surface area contributed by atoms with Gasteiger partial charge in [0.15, 0.2) is 0 Å². The van der Waals surface area contributed by atoms with Crippen LogP contribution in [0.3, 0.4) is 0 Å². The Bertz CT molecular complexity index is 554. The molecule has 2 saturated heterocycles. The molecule has 0 aliphatic carbocycles. The van der Waals surface area contributed by atoms with Crippen LogP contribution in [0.25, 0.3) is 0 Å². The summed E-state index contributed by atoms with van der Waals surface area (Å²) in [6.07, 6.45) is 7.66. The second-order valence-electron chi connectivity index (χ2n) is 7.70. The summed E-state index contributed by atoms with van der Waals surface area (Å²) in [5.74, 6) is 2.71. The maximum absolute atomic E-state index is 12.7. The highest BCUT2D eigenvalue weighted by Gasteiger charge is 2.24. The van der Waals surface area contributed by atoms with E-state index in [1.807, 2.05) is 24.1 Å². The van der Waals surface area contributed by atoms with E-state index >= 15 is 0 Å². The minimum atomic E-state index is 0. The zero-order valence-corrected chi connectivity index (χ0v) is 18.2. The number of pyridine rings is 1. The van der Waals surface area contributed by atoms with Gasteiger partial charge in [0.2, 0.25) is 0 Å². The molecule has 0 atom stereocenters. The van der Waals surface area contributed by atoms with Gasteiger partial charge < -0.3 is 15.1 Å². The number of rotatable bonds is 5. The van der Waals surface area contributed by atoms with Gasteiger partial charge >= 0.3 is 0 Å². The van der Waals surface area contributed by atoms with Crippen molar-refractivity contribution in [2.24, 2.45) is 11.8 Å². The third-order valence-electron chi connectivity index (χ3n) is 5.81. The molecule has 0 radical (unpaired) electrons. The zero-order chi connectivity index (χ0) is 17.6. The van der Waals surface area contributed by atoms with E-state index in [9.17, 15) is 4.79 Å². The molecule has 154 valence electrons. The van der Waals surface area contributed by atoms with Gasteiger partial charge in [0.05, 0.1) is 5.56 Å². The molecule has 2 aliphatic rings. The molecule has 0 saturated carbocycles. The molecule has 1 aromatic heterocycles. The van der Waals surface area contributed by atoms with Crippen LogP contribution in [0.2, 0.25) is 0 Å². The van der Waals surface area contributed by atoms with E-state index in [2.05, 4.69) is 22.1 Å². The molecular formula is C20H34Cl2N4O. The average Bonchev–Trinajstić information content (AvgIpc) is 2.67. The first kappa shape index (κ1) is 24.0. The summed E-state index contributed by atoms with van der Waals surface area (Å²) in [5, 5.41) is 3.22. The Balaban J connectivity index is 0.00000182. The van der Waals surface area contributed by atoms with Crippen LogP contribution in [0.5, 0.6) is 0 Å². The van der Waals surface area contributed by atoms with E-state index < -0.39 is 0 Å². The van der Waals surface area contributed by atoms with Crippen LogP contribution in [-0.4, -0.2) is 55.6 Å². The lowest BCUT2D eigenvalue weighted by molar-refractivity contribution is 0.0686. The van der Waals surface area contributed by atoms with Crippen molar-refractivity contribution in [3.63, 3.8) is 0 Å². The molecule has 1 N–H and O–H groups in total. The highest BCUT2D eigenvalue weighted by molar-refractivity contribution is 5.94. The SMILES string of the molecule is CNCCC1CCN(C(=O)c2ccc(N3CCC(C)CC3)nc2)CC1.Cl.Cl. The molecule has 5 nitrogen and oxygen atoms in total. The number of halogens is 2. The summed E-state index contributed by atoms with van der Waals surface area (Å²) in [5.41, 5.74) is 0.725.